The summed E-state index contributed by atoms with van der Waals surface area (Å²) in [4.78, 5) is 9.36. The zero-order chi connectivity index (χ0) is 21.7. The molecule has 2 aromatic rings. The third-order valence-corrected chi connectivity index (χ3v) is 8.11. The predicted octanol–water partition coefficient (Wildman–Crippen LogP) is 2.86. The number of nitriles is 1. The van der Waals surface area contributed by atoms with Crippen molar-refractivity contribution in [2.75, 3.05) is 30.8 Å². The fourth-order valence-electron chi connectivity index (χ4n) is 4.78. The SMILES string of the molecule is CN(c1c(C#N)cnc2[nH]ccc12)C1CC2CN(S(=O)(=O)CCC(F)(F)F)CC2C1. The third-order valence-electron chi connectivity index (χ3n) is 6.31. The van der Waals surface area contributed by atoms with Gasteiger partial charge in [0.15, 0.2) is 0 Å². The normalized spacial score (nSPS) is 24.8. The zero-order valence-corrected chi connectivity index (χ0v) is 17.2. The minimum Gasteiger partial charge on any atom is -0.370 e. The van der Waals surface area contributed by atoms with E-state index in [1.54, 1.807) is 6.20 Å². The number of H-pyrrole nitrogens is 1. The van der Waals surface area contributed by atoms with Crippen LogP contribution in [0, 0.1) is 23.2 Å². The Kier molecular flexibility index (Phi) is 5.18. The van der Waals surface area contributed by atoms with Gasteiger partial charge in [-0.15, -0.1) is 0 Å². The van der Waals surface area contributed by atoms with Crippen LogP contribution < -0.4 is 4.90 Å². The number of pyridine rings is 1. The van der Waals surface area contributed by atoms with Crippen LogP contribution in [-0.2, 0) is 10.0 Å². The number of hydrogen-bond acceptors (Lipinski definition) is 5. The monoisotopic (exact) mass is 441 g/mol. The smallest absolute Gasteiger partial charge is 0.370 e. The number of nitrogens with one attached hydrogen (secondary N) is 1. The number of sulfonamides is 1. The molecule has 0 bridgehead atoms. The summed E-state index contributed by atoms with van der Waals surface area (Å²) in [5.74, 6) is -0.688. The van der Waals surface area contributed by atoms with Crippen molar-refractivity contribution in [3.05, 3.63) is 24.0 Å². The average molecular weight is 441 g/mol. The molecule has 3 heterocycles. The van der Waals surface area contributed by atoms with E-state index in [2.05, 4.69) is 20.9 Å². The molecule has 2 fully saturated rings. The Bertz CT molecular complexity index is 1080. The lowest BCUT2D eigenvalue weighted by Gasteiger charge is -2.29. The highest BCUT2D eigenvalue weighted by Crippen LogP contribution is 2.43. The lowest BCUT2D eigenvalue weighted by Crippen LogP contribution is -2.36. The number of fused-ring (bicyclic) bond motifs is 2. The minimum atomic E-state index is -4.48. The molecule has 11 heteroatoms. The van der Waals surface area contributed by atoms with Crippen molar-refractivity contribution < 1.29 is 21.6 Å². The standard InChI is InChI=1S/C19H22F3N5O2S/c1-26(17-14(8-23)9-25-18-16(17)2-4-24-18)15-6-12-10-27(11-13(12)7-15)30(28,29)5-3-19(20,21)22/h2,4,9,12-13,15H,3,5-7,10-11H2,1H3,(H,24,25). The number of halogens is 3. The van der Waals surface area contributed by atoms with Crippen molar-refractivity contribution in [1.82, 2.24) is 14.3 Å². The Labute approximate surface area is 172 Å². The predicted molar refractivity (Wildman–Crippen MR) is 105 cm³/mol. The fourth-order valence-corrected chi connectivity index (χ4v) is 6.37. The Morgan fingerprint density at radius 3 is 2.60 bits per heavy atom. The summed E-state index contributed by atoms with van der Waals surface area (Å²) in [5.41, 5.74) is 1.96. The van der Waals surface area contributed by atoms with Gasteiger partial charge in [-0.25, -0.2) is 17.7 Å². The molecule has 4 rings (SSSR count). The average Bonchev–Trinajstić information content (AvgIpc) is 3.38. The summed E-state index contributed by atoms with van der Waals surface area (Å²) in [5, 5.41) is 10.4. The van der Waals surface area contributed by atoms with Gasteiger partial charge in [0.2, 0.25) is 10.0 Å². The van der Waals surface area contributed by atoms with Crippen molar-refractivity contribution in [3.63, 3.8) is 0 Å². The second kappa shape index (κ2) is 7.42. The lowest BCUT2D eigenvalue weighted by molar-refractivity contribution is -0.130. The highest BCUT2D eigenvalue weighted by Gasteiger charge is 2.46. The molecule has 1 aliphatic carbocycles. The first-order valence-electron chi connectivity index (χ1n) is 9.72. The Balaban J connectivity index is 1.46. The molecule has 1 N–H and O–H groups in total. The van der Waals surface area contributed by atoms with Crippen LogP contribution in [0.2, 0.25) is 0 Å². The number of aromatic amines is 1. The summed E-state index contributed by atoms with van der Waals surface area (Å²) < 4.78 is 63.2. The van der Waals surface area contributed by atoms with Crippen molar-refractivity contribution in [2.24, 2.45) is 11.8 Å². The first kappa shape index (κ1) is 20.9. The minimum absolute atomic E-state index is 0.104. The van der Waals surface area contributed by atoms with Crippen molar-refractivity contribution in [1.29, 1.82) is 5.26 Å². The van der Waals surface area contributed by atoms with Gasteiger partial charge in [-0.3, -0.25) is 0 Å². The number of rotatable bonds is 5. The van der Waals surface area contributed by atoms with E-state index in [1.807, 2.05) is 13.1 Å². The van der Waals surface area contributed by atoms with Crippen LogP contribution in [0.25, 0.3) is 11.0 Å². The molecule has 0 spiro atoms. The first-order valence-corrected chi connectivity index (χ1v) is 11.3. The van der Waals surface area contributed by atoms with Gasteiger partial charge in [0, 0.05) is 44.0 Å². The molecule has 2 atom stereocenters. The first-order chi connectivity index (χ1) is 14.1. The molecule has 1 saturated carbocycles. The summed E-state index contributed by atoms with van der Waals surface area (Å²) >= 11 is 0. The van der Waals surface area contributed by atoms with E-state index in [1.165, 1.54) is 10.5 Å². The zero-order valence-electron chi connectivity index (χ0n) is 16.4. The van der Waals surface area contributed by atoms with Gasteiger partial charge in [-0.2, -0.15) is 18.4 Å². The molecule has 2 aliphatic rings. The second-order valence-electron chi connectivity index (χ2n) is 8.13. The fraction of sp³-hybridized carbons (Fsp3) is 0.579. The number of anilines is 1. The van der Waals surface area contributed by atoms with Crippen LogP contribution >= 0.6 is 0 Å². The number of alkyl halides is 3. The van der Waals surface area contributed by atoms with Gasteiger partial charge >= 0.3 is 6.18 Å². The van der Waals surface area contributed by atoms with E-state index in [9.17, 15) is 26.9 Å². The summed E-state index contributed by atoms with van der Waals surface area (Å²) in [7, 11) is -1.99. The molecule has 1 aliphatic heterocycles. The highest BCUT2D eigenvalue weighted by molar-refractivity contribution is 7.89. The maximum Gasteiger partial charge on any atom is 0.390 e. The van der Waals surface area contributed by atoms with Crippen molar-refractivity contribution in [3.8, 4) is 6.07 Å². The molecule has 30 heavy (non-hydrogen) atoms. The van der Waals surface area contributed by atoms with Gasteiger partial charge in [0.05, 0.1) is 23.4 Å². The van der Waals surface area contributed by atoms with Crippen LogP contribution in [0.4, 0.5) is 18.9 Å². The van der Waals surface area contributed by atoms with E-state index >= 15 is 0 Å². The molecule has 0 amide bonds. The maximum absolute atomic E-state index is 12.4. The second-order valence-corrected chi connectivity index (χ2v) is 10.2. The van der Waals surface area contributed by atoms with Crippen molar-refractivity contribution >= 4 is 26.7 Å². The van der Waals surface area contributed by atoms with E-state index in [0.717, 1.165) is 23.9 Å². The molecule has 162 valence electrons. The molecule has 0 radical (unpaired) electrons. The molecule has 0 aromatic carbocycles. The van der Waals surface area contributed by atoms with Crippen molar-refractivity contribution in [2.45, 2.75) is 31.5 Å². The van der Waals surface area contributed by atoms with Crippen LogP contribution in [0.15, 0.2) is 18.5 Å². The van der Waals surface area contributed by atoms with E-state index in [0.29, 0.717) is 11.2 Å². The Morgan fingerprint density at radius 2 is 2.00 bits per heavy atom. The maximum atomic E-state index is 12.4. The third kappa shape index (κ3) is 3.86. The van der Waals surface area contributed by atoms with E-state index in [-0.39, 0.29) is 31.0 Å². The summed E-state index contributed by atoms with van der Waals surface area (Å²) in [6, 6.07) is 4.18. The van der Waals surface area contributed by atoms with Gasteiger partial charge in [0.25, 0.3) is 0 Å². The van der Waals surface area contributed by atoms with Gasteiger partial charge in [-0.05, 0) is 30.7 Å². The molecular weight excluding hydrogens is 419 g/mol. The van der Waals surface area contributed by atoms with E-state index in [4.69, 9.17) is 0 Å². The van der Waals surface area contributed by atoms with Gasteiger partial charge < -0.3 is 9.88 Å². The van der Waals surface area contributed by atoms with Crippen LogP contribution in [0.5, 0.6) is 0 Å². The number of nitrogens with zero attached hydrogens (tertiary/aromatic N) is 4. The quantitative estimate of drug-likeness (QED) is 0.770. The van der Waals surface area contributed by atoms with Crippen LogP contribution in [0.3, 0.4) is 0 Å². The van der Waals surface area contributed by atoms with Crippen LogP contribution in [0.1, 0.15) is 24.8 Å². The molecular formula is C19H22F3N5O2S. The van der Waals surface area contributed by atoms with E-state index < -0.39 is 28.4 Å². The molecule has 1 saturated heterocycles. The Morgan fingerprint density at radius 1 is 1.33 bits per heavy atom. The van der Waals surface area contributed by atoms with Gasteiger partial charge in [0.1, 0.15) is 11.7 Å². The number of hydrogen-bond donors (Lipinski definition) is 1. The van der Waals surface area contributed by atoms with Gasteiger partial charge in [-0.1, -0.05) is 0 Å². The summed E-state index contributed by atoms with van der Waals surface area (Å²) in [6.07, 6.45) is -1.04. The molecule has 7 nitrogen and oxygen atoms in total. The summed E-state index contributed by atoms with van der Waals surface area (Å²) in [6.45, 7) is 0.520. The Hall–Kier alpha value is -2.32. The highest BCUT2D eigenvalue weighted by atomic mass is 32.2. The number of aromatic nitrogens is 2. The molecule has 2 unspecified atom stereocenters. The molecule has 2 aromatic heterocycles. The van der Waals surface area contributed by atoms with Crippen LogP contribution in [-0.4, -0.2) is 60.8 Å². The topological polar surface area (TPSA) is 93.1 Å². The largest absolute Gasteiger partial charge is 0.390 e. The lowest BCUT2D eigenvalue weighted by atomic mass is 10.0.